The molecule has 29 heavy (non-hydrogen) atoms. The van der Waals surface area contributed by atoms with Gasteiger partial charge >= 0.3 is 5.91 Å². The van der Waals surface area contributed by atoms with Crippen molar-refractivity contribution in [2.24, 2.45) is 0 Å². The summed E-state index contributed by atoms with van der Waals surface area (Å²) in [6, 6.07) is 0. The van der Waals surface area contributed by atoms with Gasteiger partial charge in [-0.1, -0.05) is 96.8 Å². The van der Waals surface area contributed by atoms with Crippen LogP contribution in [0.1, 0.15) is 110 Å². The smallest absolute Gasteiger partial charge is 0.299 e. The number of unbranched alkanes of at least 4 members (excludes halogenated alkanes) is 14. The molecular formula is C23H50NO5+. The van der Waals surface area contributed by atoms with Gasteiger partial charge in [-0.05, 0) is 6.42 Å². The fourth-order valence-electron chi connectivity index (χ4n) is 4.01. The average Bonchev–Trinajstić information content (AvgIpc) is 2.76. The Bertz CT molecular complexity index is 338. The minimum Gasteiger partial charge on any atom is -0.299 e. The Kier molecular flexibility index (Phi) is 18.4. The number of hydrogen-bond donors (Lipinski definition) is 0. The van der Waals surface area contributed by atoms with E-state index in [0.29, 0.717) is 6.42 Å². The number of nitrogens with zero attached hydrogens (tertiary/aromatic N) is 1. The van der Waals surface area contributed by atoms with Gasteiger partial charge in [0.2, 0.25) is 0 Å². The third kappa shape index (κ3) is 10.6. The van der Waals surface area contributed by atoms with Crippen molar-refractivity contribution in [2.45, 2.75) is 116 Å². The van der Waals surface area contributed by atoms with Gasteiger partial charge in [0.25, 0.3) is 0 Å². The Balaban J connectivity index is 3.79. The summed E-state index contributed by atoms with van der Waals surface area (Å²) in [4.78, 5) is 15.6. The molecular weight excluding hydrogens is 370 g/mol. The molecule has 0 rings (SSSR count). The van der Waals surface area contributed by atoms with Gasteiger partial charge in [0.15, 0.2) is 4.97 Å². The van der Waals surface area contributed by atoms with Crippen molar-refractivity contribution in [1.29, 1.82) is 0 Å². The maximum Gasteiger partial charge on any atom is 0.415 e. The van der Waals surface area contributed by atoms with Gasteiger partial charge in [-0.2, -0.15) is 0 Å². The van der Waals surface area contributed by atoms with E-state index in [1.54, 1.807) is 14.2 Å². The molecule has 0 aromatic carbocycles. The Morgan fingerprint density at radius 1 is 0.483 bits per heavy atom. The molecule has 0 aromatic heterocycles. The van der Waals surface area contributed by atoms with E-state index >= 15 is 0 Å². The minimum absolute atomic E-state index is 0.612. The molecule has 0 fully saturated rings. The highest BCUT2D eigenvalue weighted by Crippen LogP contribution is 2.33. The molecule has 0 heterocycles. The van der Waals surface area contributed by atoms with Crippen LogP contribution < -0.4 is 0 Å². The molecule has 0 bridgehead atoms. The summed E-state index contributed by atoms with van der Waals surface area (Å²) in [5.41, 5.74) is 0. The molecule has 6 nitrogen and oxygen atoms in total. The van der Waals surface area contributed by atoms with Crippen LogP contribution in [0.15, 0.2) is 0 Å². The van der Waals surface area contributed by atoms with Crippen molar-refractivity contribution in [3.8, 4) is 0 Å². The zero-order valence-electron chi connectivity index (χ0n) is 20.3. The van der Waals surface area contributed by atoms with Gasteiger partial charge in [-0.25, -0.2) is 0 Å². The lowest BCUT2D eigenvalue weighted by Crippen LogP contribution is -2.64. The zero-order chi connectivity index (χ0) is 21.8. The van der Waals surface area contributed by atoms with Crippen LogP contribution in [0.25, 0.3) is 0 Å². The molecule has 0 aliphatic carbocycles. The lowest BCUT2D eigenvalue weighted by molar-refractivity contribution is -1.41. The first-order valence-corrected chi connectivity index (χ1v) is 11.8. The van der Waals surface area contributed by atoms with Gasteiger partial charge in [0, 0.05) is 14.2 Å². The molecule has 0 N–H and O–H groups in total. The molecule has 0 amide bonds. The zero-order valence-corrected chi connectivity index (χ0v) is 20.3. The monoisotopic (exact) mass is 420 g/mol. The number of ether oxygens (including phenoxy) is 2. The van der Waals surface area contributed by atoms with Crippen molar-refractivity contribution in [1.82, 2.24) is 0 Å². The Hall–Kier alpha value is -0.240. The van der Waals surface area contributed by atoms with E-state index in [2.05, 4.69) is 6.92 Å². The maximum absolute atomic E-state index is 5.62. The normalized spacial score (nSPS) is 12.6. The van der Waals surface area contributed by atoms with Crippen LogP contribution in [0.4, 0.5) is 0 Å². The van der Waals surface area contributed by atoms with Crippen LogP contribution in [-0.2, 0) is 24.0 Å². The third-order valence-corrected chi connectivity index (χ3v) is 5.87. The van der Waals surface area contributed by atoms with E-state index in [9.17, 15) is 0 Å². The Morgan fingerprint density at radius 3 is 1.07 bits per heavy atom. The van der Waals surface area contributed by atoms with E-state index in [4.69, 9.17) is 24.0 Å². The summed E-state index contributed by atoms with van der Waals surface area (Å²) in [6.07, 6.45) is 20.6. The van der Waals surface area contributed by atoms with Crippen molar-refractivity contribution < 1.29 is 29.0 Å². The number of rotatable bonds is 22. The van der Waals surface area contributed by atoms with E-state index < -0.39 is 10.9 Å². The summed E-state index contributed by atoms with van der Waals surface area (Å²) >= 11 is 0. The standard InChI is InChI=1S/C23H50NO5/c1-7-8-9-10-11-12-13-14-15-16-17-18-19-20-21-22-23(25-2,26-3)24(27-4,28-5)29-6/h7-22H2,1-6H3/q+1. The van der Waals surface area contributed by atoms with Gasteiger partial charge in [-0.15, -0.1) is 14.5 Å². The largest absolute Gasteiger partial charge is 0.415 e. The fraction of sp³-hybridized carbons (Fsp3) is 1.00. The predicted octanol–water partition coefficient (Wildman–Crippen LogP) is 6.70. The van der Waals surface area contributed by atoms with Crippen LogP contribution >= 0.6 is 0 Å². The molecule has 0 aromatic rings. The van der Waals surface area contributed by atoms with E-state index in [-0.39, 0.29) is 0 Å². The van der Waals surface area contributed by atoms with Crippen molar-refractivity contribution in [3.63, 3.8) is 0 Å². The number of hydrogen-bond acceptors (Lipinski definition) is 5. The first-order valence-electron chi connectivity index (χ1n) is 11.8. The molecule has 0 radical (unpaired) electrons. The van der Waals surface area contributed by atoms with Crippen molar-refractivity contribution in [3.05, 3.63) is 0 Å². The van der Waals surface area contributed by atoms with Gasteiger partial charge in [-0.3, -0.25) is 9.47 Å². The van der Waals surface area contributed by atoms with Crippen LogP contribution in [-0.4, -0.2) is 46.4 Å². The Labute approximate surface area is 180 Å². The highest BCUT2D eigenvalue weighted by molar-refractivity contribution is 4.56. The van der Waals surface area contributed by atoms with Crippen LogP contribution in [0.5, 0.6) is 0 Å². The Morgan fingerprint density at radius 2 is 0.793 bits per heavy atom. The predicted molar refractivity (Wildman–Crippen MR) is 118 cm³/mol. The highest BCUT2D eigenvalue weighted by atomic mass is 17.2. The average molecular weight is 421 g/mol. The second-order valence-corrected chi connectivity index (χ2v) is 7.87. The van der Waals surface area contributed by atoms with Gasteiger partial charge in [0.05, 0.1) is 6.42 Å². The van der Waals surface area contributed by atoms with Crippen molar-refractivity contribution >= 4 is 0 Å². The minimum atomic E-state index is -1.14. The van der Waals surface area contributed by atoms with E-state index in [1.807, 2.05) is 0 Å². The summed E-state index contributed by atoms with van der Waals surface area (Å²) in [6.45, 7) is 2.28. The summed E-state index contributed by atoms with van der Waals surface area (Å²) in [7, 11) is 7.68. The van der Waals surface area contributed by atoms with E-state index in [1.165, 1.54) is 105 Å². The molecule has 0 atom stereocenters. The van der Waals surface area contributed by atoms with E-state index in [0.717, 1.165) is 12.8 Å². The lowest BCUT2D eigenvalue weighted by atomic mass is 10.0. The second-order valence-electron chi connectivity index (χ2n) is 7.87. The first-order chi connectivity index (χ1) is 14.1. The summed E-state index contributed by atoms with van der Waals surface area (Å²) < 4.78 is 11.2. The lowest BCUT2D eigenvalue weighted by Gasteiger charge is -2.39. The topological polar surface area (TPSA) is 46.2 Å². The SMILES string of the molecule is CCCCCCCCCCCCCCCCCC(OC)(OC)[N+](OC)(OC)OC. The maximum atomic E-state index is 5.62. The summed E-state index contributed by atoms with van der Waals surface area (Å²) in [5.74, 6) is -1.14. The number of quaternary nitrogens is 1. The van der Waals surface area contributed by atoms with Crippen LogP contribution in [0.2, 0.25) is 0 Å². The molecule has 176 valence electrons. The fourth-order valence-corrected chi connectivity index (χ4v) is 4.01. The summed E-state index contributed by atoms with van der Waals surface area (Å²) in [5, 5.41) is 0. The first kappa shape index (κ1) is 28.8. The molecule has 6 heteroatoms. The van der Waals surface area contributed by atoms with Crippen molar-refractivity contribution in [2.75, 3.05) is 35.5 Å². The second kappa shape index (κ2) is 18.5. The van der Waals surface area contributed by atoms with Gasteiger partial charge < -0.3 is 0 Å². The number of methoxy groups -OCH3 is 2. The molecule has 0 unspecified atom stereocenters. The quantitative estimate of drug-likeness (QED) is 0.0844. The molecule has 0 saturated carbocycles. The van der Waals surface area contributed by atoms with Crippen LogP contribution in [0, 0.1) is 0 Å². The molecule has 0 saturated heterocycles. The molecule has 0 spiro atoms. The number of hydroxylamine groups is 3. The molecule has 0 aliphatic rings. The third-order valence-electron chi connectivity index (χ3n) is 5.87. The van der Waals surface area contributed by atoms with Crippen LogP contribution in [0.3, 0.4) is 0 Å². The van der Waals surface area contributed by atoms with Gasteiger partial charge in [0.1, 0.15) is 21.3 Å². The molecule has 0 aliphatic heterocycles. The highest BCUT2D eigenvalue weighted by Gasteiger charge is 2.59.